The lowest BCUT2D eigenvalue weighted by atomic mass is 9.97. The van der Waals surface area contributed by atoms with Gasteiger partial charge in [-0.05, 0) is 25.2 Å². The molecule has 1 heterocycles. The number of hydrogen-bond acceptors (Lipinski definition) is 3. The zero-order chi connectivity index (χ0) is 12.0. The molecule has 1 saturated heterocycles. The summed E-state index contributed by atoms with van der Waals surface area (Å²) in [7, 11) is 1.50. The van der Waals surface area contributed by atoms with Crippen molar-refractivity contribution in [2.45, 2.75) is 25.7 Å². The van der Waals surface area contributed by atoms with Crippen LogP contribution in [0.1, 0.15) is 25.7 Å². The van der Waals surface area contributed by atoms with E-state index >= 15 is 0 Å². The maximum absolute atomic E-state index is 11.6. The molecule has 0 aromatic rings. The molecular weight excluding hydrogens is 210 g/mol. The van der Waals surface area contributed by atoms with Crippen LogP contribution in [-0.4, -0.2) is 48.7 Å². The molecule has 0 aromatic heterocycles. The van der Waals surface area contributed by atoms with Gasteiger partial charge in [-0.25, -0.2) is 0 Å². The molecule has 0 aliphatic carbocycles. The highest BCUT2D eigenvalue weighted by molar-refractivity contribution is 5.77. The van der Waals surface area contributed by atoms with Crippen molar-refractivity contribution in [2.75, 3.05) is 26.8 Å². The predicted octanol–water partition coefficient (Wildman–Crippen LogP) is 0.736. The molecule has 1 N–H and O–H groups in total. The first-order valence-electron chi connectivity index (χ1n) is 5.62. The van der Waals surface area contributed by atoms with Gasteiger partial charge >= 0.3 is 5.97 Å². The quantitative estimate of drug-likeness (QED) is 0.772. The van der Waals surface area contributed by atoms with Gasteiger partial charge in [0.2, 0.25) is 5.91 Å². The summed E-state index contributed by atoms with van der Waals surface area (Å²) in [6, 6.07) is 0. The van der Waals surface area contributed by atoms with Gasteiger partial charge in [-0.3, -0.25) is 9.59 Å². The largest absolute Gasteiger partial charge is 0.481 e. The average molecular weight is 229 g/mol. The monoisotopic (exact) mass is 229 g/mol. The molecule has 5 heteroatoms. The lowest BCUT2D eigenvalue weighted by Gasteiger charge is -2.19. The van der Waals surface area contributed by atoms with Crippen molar-refractivity contribution in [2.24, 2.45) is 5.92 Å². The number of hydrogen-bond donors (Lipinski definition) is 1. The van der Waals surface area contributed by atoms with Crippen molar-refractivity contribution in [1.82, 2.24) is 4.90 Å². The Morgan fingerprint density at radius 3 is 2.75 bits per heavy atom. The summed E-state index contributed by atoms with van der Waals surface area (Å²) >= 11 is 0. The number of amides is 1. The molecule has 0 saturated carbocycles. The highest BCUT2D eigenvalue weighted by atomic mass is 16.5. The topological polar surface area (TPSA) is 66.8 Å². The number of rotatable bonds is 4. The number of carboxylic acid groups (broad SMARTS) is 1. The van der Waals surface area contributed by atoms with Gasteiger partial charge in [0.05, 0.1) is 0 Å². The van der Waals surface area contributed by atoms with Crippen molar-refractivity contribution < 1.29 is 19.4 Å². The molecule has 5 nitrogen and oxygen atoms in total. The minimum absolute atomic E-state index is 0.00141. The molecule has 0 unspecified atom stereocenters. The van der Waals surface area contributed by atoms with E-state index in [1.165, 1.54) is 7.11 Å². The van der Waals surface area contributed by atoms with Crippen molar-refractivity contribution >= 4 is 11.9 Å². The van der Waals surface area contributed by atoms with Gasteiger partial charge < -0.3 is 14.7 Å². The maximum Gasteiger partial charge on any atom is 0.303 e. The number of likely N-dealkylation sites (tertiary alicyclic amines) is 1. The number of carbonyl (C=O) groups is 2. The molecule has 1 rings (SSSR count). The smallest absolute Gasteiger partial charge is 0.303 e. The van der Waals surface area contributed by atoms with Crippen LogP contribution >= 0.6 is 0 Å². The Bertz CT molecular complexity index is 254. The fourth-order valence-electron chi connectivity index (χ4n) is 2.08. The Morgan fingerprint density at radius 2 is 2.12 bits per heavy atom. The second kappa shape index (κ2) is 6.48. The fourth-order valence-corrected chi connectivity index (χ4v) is 2.08. The lowest BCUT2D eigenvalue weighted by molar-refractivity contribution is -0.138. The molecule has 1 atom stereocenters. The molecule has 16 heavy (non-hydrogen) atoms. The third-order valence-corrected chi connectivity index (χ3v) is 2.93. The van der Waals surface area contributed by atoms with Crippen LogP contribution in [-0.2, 0) is 14.3 Å². The van der Waals surface area contributed by atoms with Gasteiger partial charge in [-0.1, -0.05) is 0 Å². The van der Waals surface area contributed by atoms with Crippen molar-refractivity contribution in [3.05, 3.63) is 0 Å². The molecule has 92 valence electrons. The van der Waals surface area contributed by atoms with E-state index in [0.29, 0.717) is 6.54 Å². The molecule has 1 amide bonds. The third-order valence-electron chi connectivity index (χ3n) is 2.93. The second-order valence-corrected chi connectivity index (χ2v) is 4.21. The van der Waals surface area contributed by atoms with Crippen LogP contribution in [0.3, 0.4) is 0 Å². The maximum atomic E-state index is 11.6. The van der Waals surface area contributed by atoms with E-state index in [4.69, 9.17) is 9.84 Å². The first kappa shape index (κ1) is 13.0. The van der Waals surface area contributed by atoms with Gasteiger partial charge in [-0.2, -0.15) is 0 Å². The van der Waals surface area contributed by atoms with Gasteiger partial charge in [0.1, 0.15) is 6.61 Å². The molecule has 0 aromatic carbocycles. The van der Waals surface area contributed by atoms with Crippen LogP contribution in [0, 0.1) is 5.92 Å². The summed E-state index contributed by atoms with van der Waals surface area (Å²) in [5.74, 6) is -0.544. The molecule has 0 spiro atoms. The van der Waals surface area contributed by atoms with Crippen molar-refractivity contribution in [3.8, 4) is 0 Å². The van der Waals surface area contributed by atoms with Crippen LogP contribution < -0.4 is 0 Å². The van der Waals surface area contributed by atoms with E-state index in [1.54, 1.807) is 4.90 Å². The SMILES string of the molecule is COCC(=O)N1CCC[C@H](CC(=O)O)CC1. The number of ether oxygens (including phenoxy) is 1. The second-order valence-electron chi connectivity index (χ2n) is 4.21. The normalized spacial score (nSPS) is 21.6. The Balaban J connectivity index is 2.39. The van der Waals surface area contributed by atoms with Gasteiger partial charge in [0.15, 0.2) is 0 Å². The number of aliphatic carboxylic acids is 1. The van der Waals surface area contributed by atoms with E-state index < -0.39 is 5.97 Å². The summed E-state index contributed by atoms with van der Waals surface area (Å²) in [5, 5.41) is 8.72. The van der Waals surface area contributed by atoms with E-state index in [0.717, 1.165) is 25.8 Å². The van der Waals surface area contributed by atoms with Crippen LogP contribution in [0.15, 0.2) is 0 Å². The fraction of sp³-hybridized carbons (Fsp3) is 0.818. The summed E-state index contributed by atoms with van der Waals surface area (Å²) < 4.78 is 4.80. The highest BCUT2D eigenvalue weighted by Crippen LogP contribution is 2.20. The first-order valence-corrected chi connectivity index (χ1v) is 5.62. The van der Waals surface area contributed by atoms with Crippen molar-refractivity contribution in [1.29, 1.82) is 0 Å². The van der Waals surface area contributed by atoms with E-state index in [9.17, 15) is 9.59 Å². The van der Waals surface area contributed by atoms with E-state index in [2.05, 4.69) is 0 Å². The number of carbonyl (C=O) groups excluding carboxylic acids is 1. The Morgan fingerprint density at radius 1 is 1.38 bits per heavy atom. The first-order chi connectivity index (χ1) is 7.63. The van der Waals surface area contributed by atoms with Gasteiger partial charge in [0, 0.05) is 26.6 Å². The van der Waals surface area contributed by atoms with Crippen LogP contribution in [0.4, 0.5) is 0 Å². The summed E-state index contributed by atoms with van der Waals surface area (Å²) in [5.41, 5.74) is 0. The lowest BCUT2D eigenvalue weighted by Crippen LogP contribution is -2.34. The minimum Gasteiger partial charge on any atom is -0.481 e. The number of nitrogens with zero attached hydrogens (tertiary/aromatic N) is 1. The van der Waals surface area contributed by atoms with Gasteiger partial charge in [0.25, 0.3) is 0 Å². The number of carboxylic acids is 1. The van der Waals surface area contributed by atoms with Gasteiger partial charge in [-0.15, -0.1) is 0 Å². The Hall–Kier alpha value is -1.10. The van der Waals surface area contributed by atoms with Crippen LogP contribution in [0.25, 0.3) is 0 Å². The van der Waals surface area contributed by atoms with Crippen LogP contribution in [0.2, 0.25) is 0 Å². The zero-order valence-corrected chi connectivity index (χ0v) is 9.65. The number of methoxy groups -OCH3 is 1. The predicted molar refractivity (Wildman–Crippen MR) is 58.0 cm³/mol. The highest BCUT2D eigenvalue weighted by Gasteiger charge is 2.21. The molecule has 1 aliphatic rings. The minimum atomic E-state index is -0.748. The molecule has 1 aliphatic heterocycles. The average Bonchev–Trinajstić information content (AvgIpc) is 2.43. The standard InChI is InChI=1S/C11H19NO4/c1-16-8-10(13)12-5-2-3-9(4-6-12)7-11(14)15/h9H,2-8H2,1H3,(H,14,15)/t9-/m0/s1. The molecule has 0 radical (unpaired) electrons. The molecule has 0 bridgehead atoms. The molecular formula is C11H19NO4. The van der Waals surface area contributed by atoms with Crippen LogP contribution in [0.5, 0.6) is 0 Å². The summed E-state index contributed by atoms with van der Waals surface area (Å²) in [6.07, 6.45) is 2.77. The van der Waals surface area contributed by atoms with E-state index in [1.807, 2.05) is 0 Å². The van der Waals surface area contributed by atoms with Crippen molar-refractivity contribution in [3.63, 3.8) is 0 Å². The van der Waals surface area contributed by atoms with E-state index in [-0.39, 0.29) is 24.9 Å². The summed E-state index contributed by atoms with van der Waals surface area (Å²) in [6.45, 7) is 1.49. The Kier molecular flexibility index (Phi) is 5.25. The molecule has 1 fully saturated rings. The summed E-state index contributed by atoms with van der Waals surface area (Å²) in [4.78, 5) is 23.9. The Labute approximate surface area is 95.4 Å². The zero-order valence-electron chi connectivity index (χ0n) is 9.65. The third kappa shape index (κ3) is 4.18.